The molecule has 0 saturated heterocycles. The van der Waals surface area contributed by atoms with E-state index >= 15 is 0 Å². The van der Waals surface area contributed by atoms with E-state index in [4.69, 9.17) is 0 Å². The number of imidazole rings is 1. The van der Waals surface area contributed by atoms with Crippen molar-refractivity contribution in [3.8, 4) is 11.4 Å². The molecule has 0 bridgehead atoms. The van der Waals surface area contributed by atoms with Gasteiger partial charge < -0.3 is 10.3 Å². The zero-order chi connectivity index (χ0) is 18.7. The predicted molar refractivity (Wildman–Crippen MR) is 97.4 cm³/mol. The number of carbonyl (C=O) groups excluding carboxylic acids is 1. The maximum Gasteiger partial charge on any atom is 0.271 e. The molecule has 0 aliphatic carbocycles. The number of nitrogens with zero attached hydrogens (tertiary/aromatic N) is 2. The number of benzene rings is 1. The SMILES string of the molecule is Cc1n[nH]c(C)c1CCCNC(=O)c1nc(-c2ccc(F)cc2)[nH]c1C. The summed E-state index contributed by atoms with van der Waals surface area (Å²) in [6.45, 7) is 6.33. The zero-order valence-electron chi connectivity index (χ0n) is 15.1. The average molecular weight is 355 g/mol. The van der Waals surface area contributed by atoms with Gasteiger partial charge in [-0.2, -0.15) is 5.10 Å². The lowest BCUT2D eigenvalue weighted by Crippen LogP contribution is -2.25. The minimum absolute atomic E-state index is 0.215. The van der Waals surface area contributed by atoms with Crippen LogP contribution in [0.15, 0.2) is 24.3 Å². The number of aromatic amines is 2. The highest BCUT2D eigenvalue weighted by Crippen LogP contribution is 2.18. The summed E-state index contributed by atoms with van der Waals surface area (Å²) in [5.74, 6) is 0.0307. The van der Waals surface area contributed by atoms with Crippen LogP contribution in [-0.4, -0.2) is 32.6 Å². The number of halogens is 1. The molecule has 2 aromatic heterocycles. The Morgan fingerprint density at radius 3 is 2.54 bits per heavy atom. The summed E-state index contributed by atoms with van der Waals surface area (Å²) in [4.78, 5) is 19.8. The van der Waals surface area contributed by atoms with Crippen LogP contribution in [0, 0.1) is 26.6 Å². The first-order valence-corrected chi connectivity index (χ1v) is 8.57. The lowest BCUT2D eigenvalue weighted by Gasteiger charge is -2.04. The molecule has 7 heteroatoms. The van der Waals surface area contributed by atoms with E-state index in [1.165, 1.54) is 17.7 Å². The van der Waals surface area contributed by atoms with E-state index in [0.717, 1.165) is 29.8 Å². The van der Waals surface area contributed by atoms with Crippen molar-refractivity contribution in [2.75, 3.05) is 6.54 Å². The minimum Gasteiger partial charge on any atom is -0.351 e. The largest absolute Gasteiger partial charge is 0.351 e. The smallest absolute Gasteiger partial charge is 0.271 e. The summed E-state index contributed by atoms with van der Waals surface area (Å²) in [7, 11) is 0. The predicted octanol–water partition coefficient (Wildman–Crippen LogP) is 3.23. The molecule has 0 aliphatic rings. The summed E-state index contributed by atoms with van der Waals surface area (Å²) in [6.07, 6.45) is 1.68. The van der Waals surface area contributed by atoms with Crippen molar-refractivity contribution >= 4 is 5.91 Å². The van der Waals surface area contributed by atoms with Crippen molar-refractivity contribution in [1.29, 1.82) is 0 Å². The fourth-order valence-corrected chi connectivity index (χ4v) is 2.92. The van der Waals surface area contributed by atoms with Crippen molar-refractivity contribution in [2.24, 2.45) is 0 Å². The van der Waals surface area contributed by atoms with E-state index in [9.17, 15) is 9.18 Å². The number of aryl methyl sites for hydroxylation is 3. The van der Waals surface area contributed by atoms with Gasteiger partial charge in [-0.3, -0.25) is 9.89 Å². The lowest BCUT2D eigenvalue weighted by atomic mass is 10.1. The molecule has 3 aromatic rings. The fraction of sp³-hybridized carbons (Fsp3) is 0.316. The molecule has 26 heavy (non-hydrogen) atoms. The third-order valence-electron chi connectivity index (χ3n) is 4.39. The molecule has 2 heterocycles. The van der Waals surface area contributed by atoms with E-state index in [0.29, 0.717) is 23.8 Å². The molecule has 0 unspecified atom stereocenters. The number of amides is 1. The first-order valence-electron chi connectivity index (χ1n) is 8.57. The highest BCUT2D eigenvalue weighted by atomic mass is 19.1. The first kappa shape index (κ1) is 17.8. The van der Waals surface area contributed by atoms with Gasteiger partial charge in [0.1, 0.15) is 17.3 Å². The molecule has 0 fully saturated rings. The number of hydrogen-bond donors (Lipinski definition) is 3. The molecular formula is C19H22FN5O. The van der Waals surface area contributed by atoms with Gasteiger partial charge in [-0.25, -0.2) is 9.37 Å². The minimum atomic E-state index is -0.307. The number of H-pyrrole nitrogens is 2. The van der Waals surface area contributed by atoms with Gasteiger partial charge in [0, 0.05) is 23.5 Å². The molecule has 0 atom stereocenters. The first-order chi connectivity index (χ1) is 12.5. The van der Waals surface area contributed by atoms with Crippen LogP contribution in [-0.2, 0) is 6.42 Å². The van der Waals surface area contributed by atoms with Gasteiger partial charge in [-0.15, -0.1) is 0 Å². The Hall–Kier alpha value is -2.96. The van der Waals surface area contributed by atoms with Gasteiger partial charge in [0.05, 0.1) is 5.69 Å². The summed E-state index contributed by atoms with van der Waals surface area (Å²) >= 11 is 0. The second-order valence-corrected chi connectivity index (χ2v) is 6.34. The van der Waals surface area contributed by atoms with Crippen LogP contribution in [0.4, 0.5) is 4.39 Å². The number of carbonyl (C=O) groups is 1. The number of aromatic nitrogens is 4. The van der Waals surface area contributed by atoms with Crippen molar-refractivity contribution in [3.63, 3.8) is 0 Å². The molecule has 1 aromatic carbocycles. The quantitative estimate of drug-likeness (QED) is 0.593. The summed E-state index contributed by atoms with van der Waals surface area (Å²) in [5.41, 5.74) is 5.05. The Labute approximate surface area is 151 Å². The molecular weight excluding hydrogens is 333 g/mol. The standard InChI is InChI=1S/C19H22FN5O/c1-11-16(12(2)25-24-11)5-4-10-21-19(26)17-13(3)22-18(23-17)14-6-8-15(20)9-7-14/h6-9H,4-5,10H2,1-3H3,(H,21,26)(H,22,23)(H,24,25). The third kappa shape index (κ3) is 3.82. The van der Waals surface area contributed by atoms with E-state index in [2.05, 4.69) is 25.5 Å². The second-order valence-electron chi connectivity index (χ2n) is 6.34. The lowest BCUT2D eigenvalue weighted by molar-refractivity contribution is 0.0948. The van der Waals surface area contributed by atoms with E-state index in [-0.39, 0.29) is 11.7 Å². The Morgan fingerprint density at radius 1 is 1.15 bits per heavy atom. The van der Waals surface area contributed by atoms with Crippen molar-refractivity contribution in [1.82, 2.24) is 25.5 Å². The van der Waals surface area contributed by atoms with Crippen LogP contribution in [0.2, 0.25) is 0 Å². The van der Waals surface area contributed by atoms with Gasteiger partial charge in [-0.1, -0.05) is 0 Å². The maximum absolute atomic E-state index is 13.0. The molecule has 0 saturated carbocycles. The van der Waals surface area contributed by atoms with Crippen LogP contribution in [0.1, 0.15) is 39.6 Å². The summed E-state index contributed by atoms with van der Waals surface area (Å²) < 4.78 is 13.0. The van der Waals surface area contributed by atoms with Crippen LogP contribution in [0.5, 0.6) is 0 Å². The van der Waals surface area contributed by atoms with E-state index < -0.39 is 0 Å². The van der Waals surface area contributed by atoms with Crippen LogP contribution < -0.4 is 5.32 Å². The van der Waals surface area contributed by atoms with Crippen molar-refractivity contribution in [3.05, 3.63) is 58.4 Å². The number of hydrogen-bond acceptors (Lipinski definition) is 3. The Kier molecular flexibility index (Phi) is 5.16. The fourth-order valence-electron chi connectivity index (χ4n) is 2.92. The maximum atomic E-state index is 13.0. The Balaban J connectivity index is 1.59. The normalized spacial score (nSPS) is 10.9. The van der Waals surface area contributed by atoms with Crippen LogP contribution in [0.25, 0.3) is 11.4 Å². The van der Waals surface area contributed by atoms with Crippen LogP contribution in [0.3, 0.4) is 0 Å². The monoisotopic (exact) mass is 355 g/mol. The Morgan fingerprint density at radius 2 is 1.88 bits per heavy atom. The van der Waals surface area contributed by atoms with Crippen LogP contribution >= 0.6 is 0 Å². The van der Waals surface area contributed by atoms with E-state index in [1.807, 2.05) is 13.8 Å². The zero-order valence-corrected chi connectivity index (χ0v) is 15.1. The summed E-state index contributed by atoms with van der Waals surface area (Å²) in [6, 6.07) is 6.00. The topological polar surface area (TPSA) is 86.5 Å². The summed E-state index contributed by atoms with van der Waals surface area (Å²) in [5, 5.41) is 10.0. The van der Waals surface area contributed by atoms with Gasteiger partial charge >= 0.3 is 0 Å². The molecule has 6 nitrogen and oxygen atoms in total. The molecule has 136 valence electrons. The van der Waals surface area contributed by atoms with Crippen molar-refractivity contribution < 1.29 is 9.18 Å². The molecule has 0 spiro atoms. The number of nitrogens with one attached hydrogen (secondary N) is 3. The molecule has 1 amide bonds. The van der Waals surface area contributed by atoms with Gasteiger partial charge in [0.2, 0.25) is 0 Å². The van der Waals surface area contributed by atoms with E-state index in [1.54, 1.807) is 19.1 Å². The number of rotatable bonds is 6. The molecule has 0 aliphatic heterocycles. The second kappa shape index (κ2) is 7.51. The average Bonchev–Trinajstić information content (AvgIpc) is 3.15. The highest BCUT2D eigenvalue weighted by molar-refractivity contribution is 5.94. The van der Waals surface area contributed by atoms with Crippen molar-refractivity contribution in [2.45, 2.75) is 33.6 Å². The Bertz CT molecular complexity index is 891. The van der Waals surface area contributed by atoms with Gasteiger partial charge in [0.15, 0.2) is 0 Å². The highest BCUT2D eigenvalue weighted by Gasteiger charge is 2.15. The molecule has 3 rings (SSSR count). The molecule has 3 N–H and O–H groups in total. The molecule has 0 radical (unpaired) electrons. The third-order valence-corrected chi connectivity index (χ3v) is 4.39. The van der Waals surface area contributed by atoms with Gasteiger partial charge in [-0.05, 0) is 63.4 Å². The van der Waals surface area contributed by atoms with Gasteiger partial charge in [0.25, 0.3) is 5.91 Å².